The van der Waals surface area contributed by atoms with Gasteiger partial charge in [0.05, 0.1) is 18.4 Å². The highest BCUT2D eigenvalue weighted by Gasteiger charge is 2.38. The number of methoxy groups -OCH3 is 1. The van der Waals surface area contributed by atoms with Crippen molar-refractivity contribution in [2.75, 3.05) is 12.0 Å². The minimum atomic E-state index is -1.15. The van der Waals surface area contributed by atoms with E-state index in [4.69, 9.17) is 0 Å². The minimum absolute atomic E-state index is 0.00319. The molecule has 0 unspecified atom stereocenters. The predicted octanol–water partition coefficient (Wildman–Crippen LogP) is 4.96. The predicted molar refractivity (Wildman–Crippen MR) is 119 cm³/mol. The van der Waals surface area contributed by atoms with E-state index in [1.807, 2.05) is 18.2 Å². The molecule has 0 fully saturated rings. The van der Waals surface area contributed by atoms with Crippen molar-refractivity contribution < 1.29 is 24.2 Å². The van der Waals surface area contributed by atoms with Gasteiger partial charge in [0.25, 0.3) is 0 Å². The molecule has 1 aliphatic rings. The van der Waals surface area contributed by atoms with E-state index in [1.165, 1.54) is 23.6 Å². The van der Waals surface area contributed by atoms with Crippen LogP contribution in [0.4, 0.5) is 11.4 Å². The van der Waals surface area contributed by atoms with Gasteiger partial charge in [-0.1, -0.05) is 45.9 Å². The molecule has 2 aromatic carbocycles. The molecule has 0 saturated carbocycles. The number of carboxylic acids is 1. The van der Waals surface area contributed by atoms with E-state index < -0.39 is 24.3 Å². The number of anilines is 2. The Labute approximate surface area is 182 Å². The summed E-state index contributed by atoms with van der Waals surface area (Å²) in [4.78, 5) is 38.2. The van der Waals surface area contributed by atoms with E-state index in [1.54, 1.807) is 18.2 Å². The minimum Gasteiger partial charge on any atom is -0.478 e. The van der Waals surface area contributed by atoms with Gasteiger partial charge in [-0.05, 0) is 59.1 Å². The van der Waals surface area contributed by atoms with E-state index >= 15 is 0 Å². The molecule has 0 spiro atoms. The number of nitrogens with zero attached hydrogens (tertiary/aromatic N) is 1. The molecule has 1 amide bonds. The first-order valence-electron chi connectivity index (χ1n) is 10.3. The number of hydrogen-bond acceptors (Lipinski definition) is 4. The molecule has 0 aromatic heterocycles. The van der Waals surface area contributed by atoms with Crippen molar-refractivity contribution in [1.82, 2.24) is 0 Å². The lowest BCUT2D eigenvalue weighted by atomic mass is 9.63. The van der Waals surface area contributed by atoms with Crippen molar-refractivity contribution in [3.8, 4) is 0 Å². The van der Waals surface area contributed by atoms with E-state index in [-0.39, 0.29) is 22.1 Å². The van der Waals surface area contributed by atoms with Crippen LogP contribution in [0.25, 0.3) is 0 Å². The number of rotatable bonds is 5. The molecule has 6 nitrogen and oxygen atoms in total. The number of hydrogen-bond donors (Lipinski definition) is 1. The van der Waals surface area contributed by atoms with Crippen LogP contribution in [0.2, 0.25) is 0 Å². The molecular weight excluding hydrogens is 394 g/mol. The van der Waals surface area contributed by atoms with Gasteiger partial charge in [0.2, 0.25) is 5.91 Å². The topological polar surface area (TPSA) is 83.9 Å². The molecule has 0 heterocycles. The third kappa shape index (κ3) is 4.33. The maximum Gasteiger partial charge on any atom is 0.337 e. The van der Waals surface area contributed by atoms with E-state index in [9.17, 15) is 19.5 Å². The van der Waals surface area contributed by atoms with Gasteiger partial charge in [0, 0.05) is 5.69 Å². The quantitative estimate of drug-likeness (QED) is 0.543. The maximum atomic E-state index is 13.2. The molecule has 0 saturated heterocycles. The van der Waals surface area contributed by atoms with Gasteiger partial charge < -0.3 is 9.84 Å². The number of carbonyl (C=O) groups is 3. The van der Waals surface area contributed by atoms with Crippen LogP contribution in [0, 0.1) is 0 Å². The molecule has 6 heteroatoms. The van der Waals surface area contributed by atoms with Gasteiger partial charge in [0.1, 0.15) is 6.42 Å². The monoisotopic (exact) mass is 423 g/mol. The van der Waals surface area contributed by atoms with Crippen molar-refractivity contribution in [3.05, 3.63) is 59.2 Å². The average molecular weight is 424 g/mol. The van der Waals surface area contributed by atoms with Crippen LogP contribution >= 0.6 is 0 Å². The lowest BCUT2D eigenvalue weighted by Crippen LogP contribution is -2.35. The third-order valence-electron chi connectivity index (χ3n) is 6.24. The van der Waals surface area contributed by atoms with Crippen LogP contribution < -0.4 is 4.90 Å². The lowest BCUT2D eigenvalue weighted by molar-refractivity contribution is -0.143. The standard InChI is InChI=1S/C25H29NO5/c1-24(2)12-13-25(3,4)19-14-16(10-11-18(19)24)26(21(27)15-22(28)31-5)20-9-7-6-8-17(20)23(29)30/h6-11,14H,12-13,15H2,1-5H3,(H,29,30). The molecule has 0 bridgehead atoms. The number of carbonyl (C=O) groups excluding carboxylic acids is 2. The first kappa shape index (κ1) is 22.5. The second-order valence-corrected chi connectivity index (χ2v) is 9.30. The maximum absolute atomic E-state index is 13.2. The zero-order valence-electron chi connectivity index (χ0n) is 18.7. The molecule has 1 aliphatic carbocycles. The molecule has 164 valence electrons. The van der Waals surface area contributed by atoms with Gasteiger partial charge in [-0.25, -0.2) is 4.79 Å². The fourth-order valence-corrected chi connectivity index (χ4v) is 4.26. The van der Waals surface area contributed by atoms with Crippen molar-refractivity contribution >= 4 is 29.2 Å². The summed E-state index contributed by atoms with van der Waals surface area (Å²) in [7, 11) is 1.22. The summed E-state index contributed by atoms with van der Waals surface area (Å²) in [6, 6.07) is 12.1. The Morgan fingerprint density at radius 1 is 0.968 bits per heavy atom. The van der Waals surface area contributed by atoms with Crippen LogP contribution in [0.1, 0.15) is 68.4 Å². The molecule has 0 atom stereocenters. The van der Waals surface area contributed by atoms with Gasteiger partial charge in [0.15, 0.2) is 0 Å². The smallest absolute Gasteiger partial charge is 0.337 e. The highest BCUT2D eigenvalue weighted by molar-refractivity contribution is 6.11. The molecule has 1 N–H and O–H groups in total. The van der Waals surface area contributed by atoms with Crippen LogP contribution in [0.5, 0.6) is 0 Å². The summed E-state index contributed by atoms with van der Waals surface area (Å²) >= 11 is 0. The number of carboxylic acid groups (broad SMARTS) is 1. The zero-order valence-corrected chi connectivity index (χ0v) is 18.7. The number of aromatic carboxylic acids is 1. The van der Waals surface area contributed by atoms with Gasteiger partial charge in [-0.2, -0.15) is 0 Å². The first-order valence-corrected chi connectivity index (χ1v) is 10.3. The molecule has 3 rings (SSSR count). The Morgan fingerprint density at radius 3 is 2.19 bits per heavy atom. The van der Waals surface area contributed by atoms with Crippen LogP contribution in [0.15, 0.2) is 42.5 Å². The van der Waals surface area contributed by atoms with Crippen LogP contribution in [0.3, 0.4) is 0 Å². The summed E-state index contributed by atoms with van der Waals surface area (Å²) < 4.78 is 4.67. The van der Waals surface area contributed by atoms with E-state index in [0.717, 1.165) is 18.4 Å². The molecule has 2 aromatic rings. The number of fused-ring (bicyclic) bond motifs is 1. The SMILES string of the molecule is COC(=O)CC(=O)N(c1ccc2c(c1)C(C)(C)CCC2(C)C)c1ccccc1C(=O)O. The summed E-state index contributed by atoms with van der Waals surface area (Å²) in [6.07, 6.45) is 1.56. The summed E-state index contributed by atoms with van der Waals surface area (Å²) in [5, 5.41) is 9.69. The molecule has 31 heavy (non-hydrogen) atoms. The number of amides is 1. The summed E-state index contributed by atoms with van der Waals surface area (Å²) in [5.74, 6) is -2.37. The molecular formula is C25H29NO5. The Balaban J connectivity index is 2.21. The first-order chi connectivity index (χ1) is 14.5. The van der Waals surface area contributed by atoms with Crippen LogP contribution in [-0.4, -0.2) is 30.1 Å². The normalized spacial score (nSPS) is 16.2. The van der Waals surface area contributed by atoms with Crippen LogP contribution in [-0.2, 0) is 25.2 Å². The second kappa shape index (κ2) is 8.17. The van der Waals surface area contributed by atoms with Crippen molar-refractivity contribution in [1.29, 1.82) is 0 Å². The third-order valence-corrected chi connectivity index (χ3v) is 6.24. The highest BCUT2D eigenvalue weighted by atomic mass is 16.5. The number of esters is 1. The summed E-state index contributed by atoms with van der Waals surface area (Å²) in [5.41, 5.74) is 3.00. The Bertz CT molecular complexity index is 1040. The van der Waals surface area contributed by atoms with E-state index in [2.05, 4.69) is 32.4 Å². The Kier molecular flexibility index (Phi) is 5.94. The van der Waals surface area contributed by atoms with E-state index in [0.29, 0.717) is 5.69 Å². The molecule has 0 radical (unpaired) electrons. The number of ether oxygens (including phenoxy) is 1. The van der Waals surface area contributed by atoms with Gasteiger partial charge in [-0.15, -0.1) is 0 Å². The largest absolute Gasteiger partial charge is 0.478 e. The van der Waals surface area contributed by atoms with Crippen molar-refractivity contribution in [2.24, 2.45) is 0 Å². The van der Waals surface area contributed by atoms with Gasteiger partial charge in [-0.3, -0.25) is 14.5 Å². The Hall–Kier alpha value is -3.15. The zero-order chi connectivity index (χ0) is 23.0. The highest BCUT2D eigenvalue weighted by Crippen LogP contribution is 2.47. The van der Waals surface area contributed by atoms with Crippen molar-refractivity contribution in [3.63, 3.8) is 0 Å². The van der Waals surface area contributed by atoms with Crippen molar-refractivity contribution in [2.45, 2.75) is 57.8 Å². The van der Waals surface area contributed by atoms with Gasteiger partial charge >= 0.3 is 11.9 Å². The lowest BCUT2D eigenvalue weighted by Gasteiger charge is -2.42. The molecule has 0 aliphatic heterocycles. The fourth-order valence-electron chi connectivity index (χ4n) is 4.26. The average Bonchev–Trinajstić information content (AvgIpc) is 2.72. The number of benzene rings is 2. The fraction of sp³-hybridized carbons (Fsp3) is 0.400. The number of para-hydroxylation sites is 1. The summed E-state index contributed by atoms with van der Waals surface area (Å²) in [6.45, 7) is 8.77. The second-order valence-electron chi connectivity index (χ2n) is 9.30. The Morgan fingerprint density at radius 2 is 1.58 bits per heavy atom.